The van der Waals surface area contributed by atoms with Crippen LogP contribution in [0.3, 0.4) is 0 Å². The van der Waals surface area contributed by atoms with Gasteiger partial charge < -0.3 is 24.8 Å². The van der Waals surface area contributed by atoms with Gasteiger partial charge >= 0.3 is 0 Å². The van der Waals surface area contributed by atoms with Crippen LogP contribution in [0.4, 0.5) is 4.39 Å². The Hall–Kier alpha value is -1.86. The van der Waals surface area contributed by atoms with Crippen LogP contribution in [0.2, 0.25) is 0 Å². The van der Waals surface area contributed by atoms with E-state index in [0.29, 0.717) is 25.7 Å². The fourth-order valence-electron chi connectivity index (χ4n) is 2.77. The van der Waals surface area contributed by atoms with Crippen LogP contribution in [0.5, 0.6) is 5.75 Å². The van der Waals surface area contributed by atoms with E-state index in [9.17, 15) is 4.39 Å². The molecule has 1 unspecified atom stereocenters. The minimum atomic E-state index is -0.354. The fraction of sp³-hybridized carbons (Fsp3) is 0.650. The van der Waals surface area contributed by atoms with Crippen LogP contribution in [0, 0.1) is 11.7 Å². The first-order valence-corrected chi connectivity index (χ1v) is 9.81. The zero-order chi connectivity index (χ0) is 19.3. The molecular formula is C20H32FN3O3. The van der Waals surface area contributed by atoms with Gasteiger partial charge in [0.05, 0.1) is 26.4 Å². The van der Waals surface area contributed by atoms with Crippen LogP contribution in [-0.2, 0) is 16.0 Å². The van der Waals surface area contributed by atoms with E-state index in [1.165, 1.54) is 6.07 Å². The summed E-state index contributed by atoms with van der Waals surface area (Å²) in [5, 5.41) is 6.48. The summed E-state index contributed by atoms with van der Waals surface area (Å²) in [5.74, 6) is 1.19. The fourth-order valence-corrected chi connectivity index (χ4v) is 2.77. The predicted octanol–water partition coefficient (Wildman–Crippen LogP) is 2.72. The van der Waals surface area contributed by atoms with Crippen molar-refractivity contribution in [2.75, 3.05) is 46.1 Å². The summed E-state index contributed by atoms with van der Waals surface area (Å²) in [4.78, 5) is 4.51. The number of nitrogens with zero attached hydrogens (tertiary/aromatic N) is 1. The van der Waals surface area contributed by atoms with Crippen LogP contribution < -0.4 is 15.4 Å². The van der Waals surface area contributed by atoms with Crippen molar-refractivity contribution in [1.29, 1.82) is 0 Å². The zero-order valence-electron chi connectivity index (χ0n) is 16.4. The second-order valence-electron chi connectivity index (χ2n) is 6.48. The third-order valence-corrected chi connectivity index (χ3v) is 4.20. The molecule has 1 aromatic carbocycles. The van der Waals surface area contributed by atoms with Crippen molar-refractivity contribution in [2.24, 2.45) is 10.9 Å². The molecule has 1 heterocycles. The number of rotatable bonds is 11. The Balaban J connectivity index is 1.70. The topological polar surface area (TPSA) is 64.1 Å². The molecule has 0 aromatic heterocycles. The monoisotopic (exact) mass is 381 g/mol. The molecule has 2 rings (SSSR count). The molecule has 7 heteroatoms. The highest BCUT2D eigenvalue weighted by atomic mass is 19.1. The average Bonchev–Trinajstić information content (AvgIpc) is 3.18. The Morgan fingerprint density at radius 1 is 1.33 bits per heavy atom. The summed E-state index contributed by atoms with van der Waals surface area (Å²) in [5.41, 5.74) is 0.801. The number of nitrogens with one attached hydrogen (secondary N) is 2. The van der Waals surface area contributed by atoms with Crippen molar-refractivity contribution in [3.8, 4) is 5.75 Å². The maximum atomic E-state index is 13.9. The molecule has 27 heavy (non-hydrogen) atoms. The Bertz CT molecular complexity index is 578. The van der Waals surface area contributed by atoms with Gasteiger partial charge in [0.25, 0.3) is 0 Å². The van der Waals surface area contributed by atoms with E-state index in [1.807, 2.05) is 19.9 Å². The molecule has 0 radical (unpaired) electrons. The minimum Gasteiger partial charge on any atom is -0.491 e. The van der Waals surface area contributed by atoms with Crippen LogP contribution in [0.25, 0.3) is 0 Å². The first kappa shape index (κ1) is 21.4. The van der Waals surface area contributed by atoms with Gasteiger partial charge in [0, 0.05) is 32.2 Å². The molecule has 1 aliphatic heterocycles. The van der Waals surface area contributed by atoms with E-state index in [2.05, 4.69) is 15.6 Å². The lowest BCUT2D eigenvalue weighted by Gasteiger charge is -2.12. The molecule has 0 aliphatic carbocycles. The molecular weight excluding hydrogens is 349 g/mol. The normalized spacial score (nSPS) is 17.1. The van der Waals surface area contributed by atoms with Gasteiger partial charge in [-0.1, -0.05) is 6.07 Å². The lowest BCUT2D eigenvalue weighted by atomic mass is 10.1. The highest BCUT2D eigenvalue weighted by Gasteiger charge is 2.15. The summed E-state index contributed by atoms with van der Waals surface area (Å²) >= 11 is 0. The standard InChI is InChI=1S/C20H32FN3O3/c1-3-22-20(23-9-5-10-25-14-17-8-11-26-15-17)24-13-16-6-7-19(27-4-2)18(21)12-16/h6-7,12,17H,3-5,8-11,13-15H2,1-2H3,(H2,22,23,24). The molecule has 1 aromatic rings. The Labute approximate surface area is 161 Å². The van der Waals surface area contributed by atoms with Gasteiger partial charge in [0.2, 0.25) is 0 Å². The van der Waals surface area contributed by atoms with Crippen molar-refractivity contribution in [3.63, 3.8) is 0 Å². The van der Waals surface area contributed by atoms with Crippen molar-refractivity contribution in [1.82, 2.24) is 10.6 Å². The summed E-state index contributed by atoms with van der Waals surface area (Å²) in [6.07, 6.45) is 2.00. The number of ether oxygens (including phenoxy) is 3. The van der Waals surface area contributed by atoms with Gasteiger partial charge in [0.15, 0.2) is 17.5 Å². The lowest BCUT2D eigenvalue weighted by Crippen LogP contribution is -2.38. The molecule has 0 bridgehead atoms. The first-order chi connectivity index (χ1) is 13.2. The molecule has 2 N–H and O–H groups in total. The van der Waals surface area contributed by atoms with Gasteiger partial charge in [-0.2, -0.15) is 0 Å². The summed E-state index contributed by atoms with van der Waals surface area (Å²) in [6, 6.07) is 4.96. The third kappa shape index (κ3) is 8.13. The SMILES string of the molecule is CCNC(=NCc1ccc(OCC)c(F)c1)NCCCOCC1CCOC1. The van der Waals surface area contributed by atoms with Crippen molar-refractivity contribution in [3.05, 3.63) is 29.6 Å². The Morgan fingerprint density at radius 3 is 2.93 bits per heavy atom. The van der Waals surface area contributed by atoms with Crippen molar-refractivity contribution >= 4 is 5.96 Å². The van der Waals surface area contributed by atoms with Crippen LogP contribution >= 0.6 is 0 Å². The smallest absolute Gasteiger partial charge is 0.191 e. The third-order valence-electron chi connectivity index (χ3n) is 4.20. The van der Waals surface area contributed by atoms with E-state index in [4.69, 9.17) is 14.2 Å². The van der Waals surface area contributed by atoms with E-state index in [1.54, 1.807) is 6.07 Å². The minimum absolute atomic E-state index is 0.277. The molecule has 0 spiro atoms. The number of hydrogen-bond donors (Lipinski definition) is 2. The second kappa shape index (κ2) is 12.5. The molecule has 1 aliphatic rings. The van der Waals surface area contributed by atoms with Crippen LogP contribution in [0.1, 0.15) is 32.3 Å². The largest absolute Gasteiger partial charge is 0.491 e. The van der Waals surface area contributed by atoms with E-state index >= 15 is 0 Å². The summed E-state index contributed by atoms with van der Waals surface area (Å²) < 4.78 is 30.2. The van der Waals surface area contributed by atoms with Gasteiger partial charge in [-0.15, -0.1) is 0 Å². The highest BCUT2D eigenvalue weighted by Crippen LogP contribution is 2.18. The lowest BCUT2D eigenvalue weighted by molar-refractivity contribution is 0.0888. The molecule has 0 saturated carbocycles. The Morgan fingerprint density at radius 2 is 2.22 bits per heavy atom. The van der Waals surface area contributed by atoms with Crippen LogP contribution in [0.15, 0.2) is 23.2 Å². The molecule has 6 nitrogen and oxygen atoms in total. The van der Waals surface area contributed by atoms with Crippen molar-refractivity contribution < 1.29 is 18.6 Å². The highest BCUT2D eigenvalue weighted by molar-refractivity contribution is 5.79. The maximum absolute atomic E-state index is 13.9. The molecule has 152 valence electrons. The van der Waals surface area contributed by atoms with E-state index in [-0.39, 0.29) is 11.6 Å². The maximum Gasteiger partial charge on any atom is 0.191 e. The quantitative estimate of drug-likeness (QED) is 0.351. The molecule has 0 amide bonds. The first-order valence-electron chi connectivity index (χ1n) is 9.81. The summed E-state index contributed by atoms with van der Waals surface area (Å²) in [6.45, 7) is 9.40. The van der Waals surface area contributed by atoms with Crippen LogP contribution in [-0.4, -0.2) is 52.1 Å². The number of aliphatic imine (C=N–C) groups is 1. The molecule has 1 atom stereocenters. The number of halogens is 1. The second-order valence-corrected chi connectivity index (χ2v) is 6.48. The Kier molecular flexibility index (Phi) is 9.94. The van der Waals surface area contributed by atoms with Gasteiger partial charge in [-0.3, -0.25) is 0 Å². The van der Waals surface area contributed by atoms with Crippen molar-refractivity contribution in [2.45, 2.75) is 33.2 Å². The number of guanidine groups is 1. The van der Waals surface area contributed by atoms with Gasteiger partial charge in [-0.05, 0) is 44.4 Å². The average molecular weight is 381 g/mol. The summed E-state index contributed by atoms with van der Waals surface area (Å²) in [7, 11) is 0. The predicted molar refractivity (Wildman–Crippen MR) is 105 cm³/mol. The van der Waals surface area contributed by atoms with Gasteiger partial charge in [-0.25, -0.2) is 9.38 Å². The van der Waals surface area contributed by atoms with Gasteiger partial charge in [0.1, 0.15) is 0 Å². The molecule has 1 saturated heterocycles. The van der Waals surface area contributed by atoms with E-state index in [0.717, 1.165) is 57.3 Å². The van der Waals surface area contributed by atoms with E-state index < -0.39 is 0 Å². The number of benzene rings is 1. The number of hydrogen-bond acceptors (Lipinski definition) is 4. The molecule has 1 fully saturated rings. The zero-order valence-corrected chi connectivity index (χ0v) is 16.4.